The number of hydrogen-bond acceptors (Lipinski definition) is 5. The fourth-order valence-corrected chi connectivity index (χ4v) is 13.1. The minimum absolute atomic E-state index is 0.00127. The number of carboxylic acid groups (broad SMARTS) is 1. The van der Waals surface area contributed by atoms with E-state index in [-0.39, 0.29) is 24.3 Å². The van der Waals surface area contributed by atoms with Gasteiger partial charge in [0.1, 0.15) is 5.82 Å². The zero-order valence-electron chi connectivity index (χ0n) is 29.5. The fourth-order valence-electron chi connectivity index (χ4n) is 6.73. The average Bonchev–Trinajstić information content (AvgIpc) is 3.09. The van der Waals surface area contributed by atoms with E-state index in [0.717, 1.165) is 43.7 Å². The number of hydrogen-bond donors (Lipinski definition) is 1. The van der Waals surface area contributed by atoms with Crippen LogP contribution in [0, 0.1) is 5.82 Å². The van der Waals surface area contributed by atoms with Gasteiger partial charge in [-0.3, -0.25) is 14.3 Å². The summed E-state index contributed by atoms with van der Waals surface area (Å²) in [4.78, 5) is 17.4. The number of carboxylic acids is 1. The third-order valence-electron chi connectivity index (χ3n) is 9.04. The lowest BCUT2D eigenvalue weighted by Crippen LogP contribution is -2.68. The Kier molecular flexibility index (Phi) is 11.4. The van der Waals surface area contributed by atoms with Gasteiger partial charge in [-0.05, 0) is 51.2 Å². The van der Waals surface area contributed by atoms with Gasteiger partial charge in [-0.25, -0.2) is 4.39 Å². The number of fused-ring (bicyclic) bond motifs is 1. The second kappa shape index (κ2) is 15.4. The fraction of sp³-hybridized carbons (Fsp3) is 0.268. The monoisotopic (exact) mass is 709 g/mol. The first-order chi connectivity index (χ1) is 23.8. The Bertz CT molecular complexity index is 1970. The van der Waals surface area contributed by atoms with Crippen molar-refractivity contribution in [2.45, 2.75) is 58.1 Å². The summed E-state index contributed by atoms with van der Waals surface area (Å²) in [6, 6.07) is 34.0. The maximum absolute atomic E-state index is 14.8. The van der Waals surface area contributed by atoms with Crippen molar-refractivity contribution in [2.24, 2.45) is 0 Å². The molecule has 6 nitrogen and oxygen atoms in total. The average molecular weight is 710 g/mol. The molecule has 0 radical (unpaired) electrons. The molecule has 9 heteroatoms. The number of aromatic nitrogens is 1. The standard InChI is InChI=1S/C41H45FNO5PSi/c1-29(2)40-36(39(30-21-23-31(42)24-22-30)35-19-13-14-20-37(35)43-40)25-26-49(46,47-6)28-32(27-38(44)45)48-50(41(3,4)5,33-15-9-7-10-16-33)34-17-11-8-12-18-34/h7-26,29,32H,27-28H2,1-6H3,(H,44,45). The van der Waals surface area contributed by atoms with E-state index in [9.17, 15) is 18.9 Å². The van der Waals surface area contributed by atoms with Crippen LogP contribution < -0.4 is 10.4 Å². The van der Waals surface area contributed by atoms with Crippen molar-refractivity contribution >= 4 is 49.0 Å². The topological polar surface area (TPSA) is 85.7 Å². The van der Waals surface area contributed by atoms with Gasteiger partial charge in [0.15, 0.2) is 0 Å². The van der Waals surface area contributed by atoms with Crippen molar-refractivity contribution < 1.29 is 27.8 Å². The van der Waals surface area contributed by atoms with E-state index in [1.54, 1.807) is 24.0 Å². The molecule has 2 atom stereocenters. The summed E-state index contributed by atoms with van der Waals surface area (Å²) >= 11 is 0. The molecule has 5 aromatic rings. The minimum Gasteiger partial charge on any atom is -0.481 e. The number of pyridine rings is 1. The van der Waals surface area contributed by atoms with Crippen LogP contribution in [-0.2, 0) is 18.3 Å². The third-order valence-corrected chi connectivity index (χ3v) is 16.3. The molecule has 0 aliphatic carbocycles. The van der Waals surface area contributed by atoms with Crippen LogP contribution in [0.2, 0.25) is 5.04 Å². The predicted molar refractivity (Wildman–Crippen MR) is 204 cm³/mol. The lowest BCUT2D eigenvalue weighted by Gasteiger charge is -2.45. The summed E-state index contributed by atoms with van der Waals surface area (Å²) in [5.41, 5.74) is 3.95. The van der Waals surface area contributed by atoms with E-state index in [2.05, 4.69) is 20.8 Å². The van der Waals surface area contributed by atoms with Crippen molar-refractivity contribution in [3.8, 4) is 11.1 Å². The van der Waals surface area contributed by atoms with Crippen LogP contribution in [0.25, 0.3) is 28.1 Å². The van der Waals surface area contributed by atoms with Crippen LogP contribution in [0.1, 0.15) is 58.2 Å². The summed E-state index contributed by atoms with van der Waals surface area (Å²) in [6.07, 6.45) is 0.325. The molecule has 2 unspecified atom stereocenters. The van der Waals surface area contributed by atoms with E-state index >= 15 is 0 Å². The molecule has 0 bridgehead atoms. The third kappa shape index (κ3) is 7.90. The summed E-state index contributed by atoms with van der Waals surface area (Å²) in [5, 5.41) is 12.6. The molecule has 0 spiro atoms. The second-order valence-corrected chi connectivity index (χ2v) is 20.6. The SMILES string of the molecule is COP(=O)(C=Cc1c(C(C)C)nc2ccccc2c1-c1ccc(F)cc1)CC(CC(=O)O)O[Si](c1ccccc1)(c1ccccc1)C(C)(C)C. The first-order valence-electron chi connectivity index (χ1n) is 16.8. The van der Waals surface area contributed by atoms with Gasteiger partial charge < -0.3 is 14.1 Å². The highest BCUT2D eigenvalue weighted by molar-refractivity contribution is 7.62. The van der Waals surface area contributed by atoms with E-state index in [1.807, 2.05) is 98.8 Å². The van der Waals surface area contributed by atoms with Crippen molar-refractivity contribution in [3.05, 3.63) is 132 Å². The number of para-hydroxylation sites is 1. The maximum atomic E-state index is 14.8. The number of carbonyl (C=O) groups is 1. The lowest BCUT2D eigenvalue weighted by atomic mass is 9.91. The van der Waals surface area contributed by atoms with Gasteiger partial charge in [-0.2, -0.15) is 0 Å². The van der Waals surface area contributed by atoms with Crippen molar-refractivity contribution in [3.63, 3.8) is 0 Å². The van der Waals surface area contributed by atoms with E-state index in [1.165, 1.54) is 19.2 Å². The van der Waals surface area contributed by atoms with Crippen LogP contribution >= 0.6 is 7.37 Å². The van der Waals surface area contributed by atoms with Gasteiger partial charge in [-0.15, -0.1) is 0 Å². The van der Waals surface area contributed by atoms with Gasteiger partial charge >= 0.3 is 5.97 Å². The molecule has 5 rings (SSSR count). The molecule has 1 N–H and O–H groups in total. The number of aliphatic carboxylic acids is 1. The molecule has 0 aliphatic rings. The molecule has 50 heavy (non-hydrogen) atoms. The number of halogens is 1. The Labute approximate surface area is 295 Å². The molecule has 0 saturated carbocycles. The smallest absolute Gasteiger partial charge is 0.305 e. The molecule has 1 aromatic heterocycles. The number of benzene rings is 4. The number of nitrogens with zero attached hydrogens (tertiary/aromatic N) is 1. The largest absolute Gasteiger partial charge is 0.481 e. The van der Waals surface area contributed by atoms with Crippen LogP contribution in [0.3, 0.4) is 0 Å². The van der Waals surface area contributed by atoms with Crippen LogP contribution in [0.4, 0.5) is 4.39 Å². The first-order valence-corrected chi connectivity index (χ1v) is 20.6. The quantitative estimate of drug-likeness (QED) is 0.0969. The molecule has 0 saturated heterocycles. The van der Waals surface area contributed by atoms with Crippen molar-refractivity contribution in [1.29, 1.82) is 0 Å². The Morgan fingerprint density at radius 3 is 1.98 bits per heavy atom. The highest BCUT2D eigenvalue weighted by Gasteiger charge is 2.52. The van der Waals surface area contributed by atoms with Gasteiger partial charge in [0.25, 0.3) is 8.32 Å². The summed E-state index contributed by atoms with van der Waals surface area (Å²) in [7, 11) is -5.48. The summed E-state index contributed by atoms with van der Waals surface area (Å²) in [6.45, 7) is 10.4. The molecule has 260 valence electrons. The molecule has 0 amide bonds. The van der Waals surface area contributed by atoms with E-state index < -0.39 is 32.8 Å². The maximum Gasteiger partial charge on any atom is 0.305 e. The summed E-state index contributed by atoms with van der Waals surface area (Å²) < 4.78 is 41.8. The molecule has 4 aromatic carbocycles. The normalized spacial score (nSPS) is 14.2. The Morgan fingerprint density at radius 2 is 1.46 bits per heavy atom. The van der Waals surface area contributed by atoms with Gasteiger partial charge in [0, 0.05) is 29.4 Å². The molecular formula is C41H45FNO5PSi. The minimum atomic E-state index is -3.66. The van der Waals surface area contributed by atoms with Crippen molar-refractivity contribution in [1.82, 2.24) is 4.98 Å². The van der Waals surface area contributed by atoms with Gasteiger partial charge in [-0.1, -0.05) is 126 Å². The molecule has 0 fully saturated rings. The highest BCUT2D eigenvalue weighted by Crippen LogP contribution is 2.51. The molecular weight excluding hydrogens is 665 g/mol. The Balaban J connectivity index is 1.64. The lowest BCUT2D eigenvalue weighted by molar-refractivity contribution is -0.138. The van der Waals surface area contributed by atoms with Crippen LogP contribution in [0.15, 0.2) is 115 Å². The highest BCUT2D eigenvalue weighted by atomic mass is 31.2. The van der Waals surface area contributed by atoms with E-state index in [4.69, 9.17) is 13.9 Å². The zero-order valence-corrected chi connectivity index (χ0v) is 31.4. The molecule has 0 aliphatic heterocycles. The zero-order chi connectivity index (χ0) is 36.1. The summed E-state index contributed by atoms with van der Waals surface area (Å²) in [5.74, 6) is 0.154. The van der Waals surface area contributed by atoms with Crippen molar-refractivity contribution in [2.75, 3.05) is 13.3 Å². The Morgan fingerprint density at radius 1 is 0.900 bits per heavy atom. The molecule has 1 heterocycles. The number of rotatable bonds is 13. The first kappa shape index (κ1) is 37.1. The predicted octanol–water partition coefficient (Wildman–Crippen LogP) is 9.48. The Hall–Kier alpha value is -4.20. The second-order valence-electron chi connectivity index (χ2n) is 13.9. The van der Waals surface area contributed by atoms with Gasteiger partial charge in [0.05, 0.1) is 29.9 Å². The van der Waals surface area contributed by atoms with Crippen LogP contribution in [-0.4, -0.2) is 43.8 Å². The van der Waals surface area contributed by atoms with Gasteiger partial charge in [0.2, 0.25) is 7.37 Å². The van der Waals surface area contributed by atoms with E-state index in [0.29, 0.717) is 0 Å². The van der Waals surface area contributed by atoms with Crippen LogP contribution in [0.5, 0.6) is 0 Å².